The fourth-order valence-corrected chi connectivity index (χ4v) is 2.38. The van der Waals surface area contributed by atoms with Crippen LogP contribution in [0.3, 0.4) is 0 Å². The van der Waals surface area contributed by atoms with E-state index in [9.17, 15) is 9.90 Å². The van der Waals surface area contributed by atoms with Crippen molar-refractivity contribution in [3.8, 4) is 0 Å². The van der Waals surface area contributed by atoms with Crippen molar-refractivity contribution in [2.75, 3.05) is 32.1 Å². The number of aliphatic hydroxyl groups is 1. The average molecular weight is 300 g/mol. The quantitative estimate of drug-likeness (QED) is 0.871. The summed E-state index contributed by atoms with van der Waals surface area (Å²) >= 11 is 6.06. The maximum Gasteiger partial charge on any atom is 0.274 e. The summed E-state index contributed by atoms with van der Waals surface area (Å²) in [5, 5.41) is 12.4. The lowest BCUT2D eigenvalue weighted by Gasteiger charge is -2.36. The Hall–Kier alpha value is -1.37. The first kappa shape index (κ1) is 15.0. The van der Waals surface area contributed by atoms with Gasteiger partial charge in [0.1, 0.15) is 11.5 Å². The number of hydrogen-bond donors (Lipinski definition) is 2. The summed E-state index contributed by atoms with van der Waals surface area (Å²) in [5.41, 5.74) is 0.212. The van der Waals surface area contributed by atoms with E-state index in [0.29, 0.717) is 23.9 Å². The second kappa shape index (κ2) is 6.39. The van der Waals surface area contributed by atoms with Crippen LogP contribution in [0.15, 0.2) is 12.1 Å². The van der Waals surface area contributed by atoms with Crippen LogP contribution >= 0.6 is 11.6 Å². The van der Waals surface area contributed by atoms with Crippen LogP contribution in [-0.2, 0) is 4.74 Å². The van der Waals surface area contributed by atoms with Crippen LogP contribution in [0.25, 0.3) is 0 Å². The maximum atomic E-state index is 12.5. The zero-order valence-electron chi connectivity index (χ0n) is 11.5. The Bertz CT molecular complexity index is 498. The van der Waals surface area contributed by atoms with Gasteiger partial charge in [0.25, 0.3) is 5.91 Å². The Labute approximate surface area is 122 Å². The first-order valence-corrected chi connectivity index (χ1v) is 6.82. The average Bonchev–Trinajstić information content (AvgIpc) is 2.46. The minimum atomic E-state index is -0.367. The van der Waals surface area contributed by atoms with Crippen molar-refractivity contribution in [3.05, 3.63) is 22.8 Å². The summed E-state index contributed by atoms with van der Waals surface area (Å²) in [6, 6.07) is 3.35. The molecule has 1 fully saturated rings. The number of halogens is 1. The number of anilines is 1. The van der Waals surface area contributed by atoms with Crippen LogP contribution in [0.5, 0.6) is 0 Å². The van der Waals surface area contributed by atoms with Crippen molar-refractivity contribution >= 4 is 23.3 Å². The molecule has 7 heteroatoms. The number of pyridine rings is 1. The predicted octanol–water partition coefficient (Wildman–Crippen LogP) is 0.998. The molecule has 110 valence electrons. The summed E-state index contributed by atoms with van der Waals surface area (Å²) < 4.78 is 5.52. The molecule has 0 saturated carbocycles. The number of carbonyl (C=O) groups excluding carboxylic acids is 1. The molecular weight excluding hydrogens is 282 g/mol. The van der Waals surface area contributed by atoms with Crippen molar-refractivity contribution in [2.45, 2.75) is 19.1 Å². The van der Waals surface area contributed by atoms with Gasteiger partial charge in [-0.1, -0.05) is 11.6 Å². The highest BCUT2D eigenvalue weighted by atomic mass is 35.5. The molecule has 0 bridgehead atoms. The molecule has 1 aromatic rings. The van der Waals surface area contributed by atoms with Crippen LogP contribution in [0.2, 0.25) is 5.02 Å². The summed E-state index contributed by atoms with van der Waals surface area (Å²) in [6.45, 7) is 2.53. The second-order valence-corrected chi connectivity index (χ2v) is 5.15. The van der Waals surface area contributed by atoms with E-state index in [-0.39, 0.29) is 30.4 Å². The highest BCUT2D eigenvalue weighted by Gasteiger charge is 2.30. The predicted molar refractivity (Wildman–Crippen MR) is 76.1 cm³/mol. The molecule has 0 aliphatic carbocycles. The molecule has 2 rings (SSSR count). The van der Waals surface area contributed by atoms with Gasteiger partial charge in [-0.3, -0.25) is 4.79 Å². The molecular formula is C13H18ClN3O3. The van der Waals surface area contributed by atoms with E-state index in [1.807, 2.05) is 6.92 Å². The van der Waals surface area contributed by atoms with Crippen molar-refractivity contribution in [2.24, 2.45) is 0 Å². The van der Waals surface area contributed by atoms with Gasteiger partial charge in [-0.15, -0.1) is 0 Å². The first-order valence-electron chi connectivity index (χ1n) is 6.45. The van der Waals surface area contributed by atoms with E-state index in [4.69, 9.17) is 16.3 Å². The molecule has 0 radical (unpaired) electrons. The second-order valence-electron chi connectivity index (χ2n) is 4.74. The fourth-order valence-electron chi connectivity index (χ4n) is 2.19. The van der Waals surface area contributed by atoms with Gasteiger partial charge in [-0.05, 0) is 19.1 Å². The van der Waals surface area contributed by atoms with Crippen LogP contribution in [0.4, 0.5) is 5.82 Å². The lowest BCUT2D eigenvalue weighted by Crippen LogP contribution is -2.50. The Morgan fingerprint density at radius 3 is 3.00 bits per heavy atom. The number of morpholine rings is 1. The highest BCUT2D eigenvalue weighted by molar-refractivity contribution is 6.33. The largest absolute Gasteiger partial charge is 0.394 e. The summed E-state index contributed by atoms with van der Waals surface area (Å²) in [6.07, 6.45) is -0.495. The minimum Gasteiger partial charge on any atom is -0.394 e. The number of nitrogens with one attached hydrogen (secondary N) is 1. The van der Waals surface area contributed by atoms with E-state index in [0.717, 1.165) is 0 Å². The minimum absolute atomic E-state index is 0.119. The van der Waals surface area contributed by atoms with Crippen LogP contribution < -0.4 is 5.32 Å². The molecule has 1 aliphatic rings. The third-order valence-corrected chi connectivity index (χ3v) is 3.43. The Morgan fingerprint density at radius 1 is 1.60 bits per heavy atom. The van der Waals surface area contributed by atoms with E-state index in [1.54, 1.807) is 24.1 Å². The molecule has 0 spiro atoms. The molecule has 20 heavy (non-hydrogen) atoms. The van der Waals surface area contributed by atoms with E-state index < -0.39 is 0 Å². The third kappa shape index (κ3) is 3.20. The van der Waals surface area contributed by atoms with Gasteiger partial charge >= 0.3 is 0 Å². The summed E-state index contributed by atoms with van der Waals surface area (Å²) in [4.78, 5) is 18.3. The lowest BCUT2D eigenvalue weighted by atomic mass is 10.2. The molecule has 6 nitrogen and oxygen atoms in total. The SMILES string of the molecule is CNc1ccc(Cl)c(C(=O)N2CC(C)OC(CO)C2)n1. The van der Waals surface area contributed by atoms with Gasteiger partial charge in [-0.25, -0.2) is 4.98 Å². The van der Waals surface area contributed by atoms with Gasteiger partial charge in [0, 0.05) is 20.1 Å². The summed E-state index contributed by atoms with van der Waals surface area (Å²) in [7, 11) is 1.73. The van der Waals surface area contributed by atoms with Crippen molar-refractivity contribution < 1.29 is 14.6 Å². The molecule has 1 aliphatic heterocycles. The molecule has 1 saturated heterocycles. The van der Waals surface area contributed by atoms with E-state index in [1.165, 1.54) is 0 Å². The zero-order chi connectivity index (χ0) is 14.7. The summed E-state index contributed by atoms with van der Waals surface area (Å²) in [5.74, 6) is 0.332. The molecule has 2 heterocycles. The monoisotopic (exact) mass is 299 g/mol. The Morgan fingerprint density at radius 2 is 2.35 bits per heavy atom. The van der Waals surface area contributed by atoms with Crippen molar-refractivity contribution in [3.63, 3.8) is 0 Å². The van der Waals surface area contributed by atoms with Crippen LogP contribution in [0, 0.1) is 0 Å². The van der Waals surface area contributed by atoms with Gasteiger partial charge < -0.3 is 20.1 Å². The number of aromatic nitrogens is 1. The normalized spacial score (nSPS) is 22.7. The number of aliphatic hydroxyl groups excluding tert-OH is 1. The van der Waals surface area contributed by atoms with Crippen LogP contribution in [-0.4, -0.2) is 59.8 Å². The number of amides is 1. The smallest absolute Gasteiger partial charge is 0.274 e. The maximum absolute atomic E-state index is 12.5. The molecule has 2 N–H and O–H groups in total. The van der Waals surface area contributed by atoms with Gasteiger partial charge in [-0.2, -0.15) is 0 Å². The molecule has 2 unspecified atom stereocenters. The number of ether oxygens (including phenoxy) is 1. The third-order valence-electron chi connectivity index (χ3n) is 3.12. The van der Waals surface area contributed by atoms with Gasteiger partial charge in [0.2, 0.25) is 0 Å². The number of nitrogens with zero attached hydrogens (tertiary/aromatic N) is 2. The lowest BCUT2D eigenvalue weighted by molar-refractivity contribution is -0.0859. The van der Waals surface area contributed by atoms with Gasteiger partial charge in [0.05, 0.1) is 23.8 Å². The van der Waals surface area contributed by atoms with E-state index in [2.05, 4.69) is 10.3 Å². The Balaban J connectivity index is 2.22. The molecule has 1 aromatic heterocycles. The van der Waals surface area contributed by atoms with Crippen molar-refractivity contribution in [1.29, 1.82) is 0 Å². The molecule has 0 aromatic carbocycles. The van der Waals surface area contributed by atoms with Gasteiger partial charge in [0.15, 0.2) is 0 Å². The highest BCUT2D eigenvalue weighted by Crippen LogP contribution is 2.20. The standard InChI is InChI=1S/C13H18ClN3O3/c1-8-5-17(6-9(7-18)20-8)13(19)12-10(14)3-4-11(15-2)16-12/h3-4,8-9,18H,5-7H2,1-2H3,(H,15,16). The first-order chi connectivity index (χ1) is 9.55. The zero-order valence-corrected chi connectivity index (χ0v) is 12.2. The van der Waals surface area contributed by atoms with E-state index >= 15 is 0 Å². The number of rotatable bonds is 3. The topological polar surface area (TPSA) is 74.7 Å². The molecule has 2 atom stereocenters. The van der Waals surface area contributed by atoms with Crippen molar-refractivity contribution in [1.82, 2.24) is 9.88 Å². The molecule has 1 amide bonds. The number of carbonyl (C=O) groups is 1. The number of hydrogen-bond acceptors (Lipinski definition) is 5. The Kier molecular flexibility index (Phi) is 4.80. The fraction of sp³-hybridized carbons (Fsp3) is 0.538. The van der Waals surface area contributed by atoms with Crippen LogP contribution in [0.1, 0.15) is 17.4 Å².